The highest BCUT2D eigenvalue weighted by Gasteiger charge is 2.12. The second kappa shape index (κ2) is 11.1. The number of nitrogens with two attached hydrogens (primary N) is 3. The molecule has 0 aliphatic carbocycles. The van der Waals surface area contributed by atoms with E-state index in [1.54, 1.807) is 19.4 Å². The summed E-state index contributed by atoms with van der Waals surface area (Å²) < 4.78 is 0. The van der Waals surface area contributed by atoms with Crippen LogP contribution in [-0.4, -0.2) is 34.1 Å². The van der Waals surface area contributed by atoms with Crippen molar-refractivity contribution in [2.45, 2.75) is 33.2 Å². The summed E-state index contributed by atoms with van der Waals surface area (Å²) in [5.41, 5.74) is 14.1. The Bertz CT molecular complexity index is 1030. The summed E-state index contributed by atoms with van der Waals surface area (Å²) in [7, 11) is 3.64. The molecule has 9 nitrogen and oxygen atoms in total. The molecule has 3 rings (SSSR count). The van der Waals surface area contributed by atoms with Gasteiger partial charge in [0.1, 0.15) is 17.5 Å². The van der Waals surface area contributed by atoms with Crippen molar-refractivity contribution in [3.63, 3.8) is 0 Å². The van der Waals surface area contributed by atoms with Crippen molar-refractivity contribution in [1.29, 1.82) is 0 Å². The van der Waals surface area contributed by atoms with E-state index in [9.17, 15) is 0 Å². The normalized spacial score (nSPS) is 12.1. The van der Waals surface area contributed by atoms with Crippen LogP contribution < -0.4 is 27.9 Å². The molecule has 1 atom stereocenters. The molecule has 3 aromatic heterocycles. The fourth-order valence-electron chi connectivity index (χ4n) is 3.23. The Morgan fingerprint density at radius 2 is 1.90 bits per heavy atom. The predicted octanol–water partition coefficient (Wildman–Crippen LogP) is 3.11. The van der Waals surface area contributed by atoms with Gasteiger partial charge in [0.05, 0.1) is 11.4 Å². The molecule has 0 aliphatic heterocycles. The van der Waals surface area contributed by atoms with E-state index < -0.39 is 0 Å². The first-order valence-electron chi connectivity index (χ1n) is 10.3. The Morgan fingerprint density at radius 3 is 2.52 bits per heavy atom. The number of rotatable bonds is 7. The predicted molar refractivity (Wildman–Crippen MR) is 129 cm³/mol. The molecule has 0 saturated carbocycles. The number of fused-ring (bicyclic) bond motifs is 1. The molecule has 3 heterocycles. The number of nitrogens with zero attached hydrogens (tertiary/aromatic N) is 4. The zero-order valence-electron chi connectivity index (χ0n) is 18.8. The zero-order chi connectivity index (χ0) is 23.0. The van der Waals surface area contributed by atoms with Gasteiger partial charge >= 0.3 is 0 Å². The van der Waals surface area contributed by atoms with Crippen LogP contribution in [0.1, 0.15) is 44.5 Å². The van der Waals surface area contributed by atoms with Gasteiger partial charge in [-0.15, -0.1) is 0 Å². The van der Waals surface area contributed by atoms with Gasteiger partial charge in [-0.2, -0.15) is 0 Å². The van der Waals surface area contributed by atoms with Gasteiger partial charge in [0, 0.05) is 37.1 Å². The van der Waals surface area contributed by atoms with Crippen molar-refractivity contribution in [1.82, 2.24) is 25.3 Å². The molecule has 0 aliphatic rings. The quantitative estimate of drug-likeness (QED) is 0.286. The molecule has 0 spiro atoms. The largest absolute Gasteiger partial charge is 0.403 e. The Balaban J connectivity index is 0.00000166. The van der Waals surface area contributed by atoms with Gasteiger partial charge in [0.25, 0.3) is 0 Å². The Morgan fingerprint density at radius 1 is 1.19 bits per heavy atom. The molecule has 0 fully saturated rings. The number of hydrogen-bond acceptors (Lipinski definition) is 9. The van der Waals surface area contributed by atoms with E-state index in [4.69, 9.17) is 17.3 Å². The first kappa shape index (κ1) is 23.8. The van der Waals surface area contributed by atoms with E-state index in [1.807, 2.05) is 45.2 Å². The maximum Gasteiger partial charge on any atom is 0.133 e. The number of hydrazine groups is 1. The first-order valence-corrected chi connectivity index (χ1v) is 10.3. The summed E-state index contributed by atoms with van der Waals surface area (Å²) in [5.74, 6) is 7.56. The molecule has 0 aromatic carbocycles. The van der Waals surface area contributed by atoms with E-state index in [1.165, 1.54) is 11.2 Å². The molecular formula is C22H33N9. The van der Waals surface area contributed by atoms with Crippen LogP contribution in [0.25, 0.3) is 16.5 Å². The summed E-state index contributed by atoms with van der Waals surface area (Å²) in [5, 5.41) is 9.57. The molecule has 0 radical (unpaired) electrons. The second-order valence-electron chi connectivity index (χ2n) is 6.70. The van der Waals surface area contributed by atoms with Crippen molar-refractivity contribution in [2.24, 2.45) is 11.6 Å². The van der Waals surface area contributed by atoms with Crippen LogP contribution in [0.5, 0.6) is 0 Å². The van der Waals surface area contributed by atoms with Gasteiger partial charge in [-0.25, -0.2) is 20.8 Å². The Kier molecular flexibility index (Phi) is 8.53. The van der Waals surface area contributed by atoms with Crippen molar-refractivity contribution < 1.29 is 0 Å². The topological polar surface area (TPSA) is 144 Å². The van der Waals surface area contributed by atoms with Crippen LogP contribution in [0.15, 0.2) is 42.9 Å². The molecule has 31 heavy (non-hydrogen) atoms. The van der Waals surface area contributed by atoms with Crippen LogP contribution in [0.4, 0.5) is 17.5 Å². The molecule has 3 aromatic rings. The maximum atomic E-state index is 6.12. The van der Waals surface area contributed by atoms with Gasteiger partial charge in [0.2, 0.25) is 0 Å². The molecule has 9 heteroatoms. The lowest BCUT2D eigenvalue weighted by atomic mass is 10.1. The lowest BCUT2D eigenvalue weighted by Crippen LogP contribution is -2.25. The number of nitrogen functional groups attached to an aromatic ring is 1. The third-order valence-electron chi connectivity index (χ3n) is 4.74. The zero-order valence-corrected chi connectivity index (χ0v) is 18.8. The molecule has 0 amide bonds. The second-order valence-corrected chi connectivity index (χ2v) is 6.70. The molecule has 8 N–H and O–H groups in total. The minimum Gasteiger partial charge on any atom is -0.403 e. The van der Waals surface area contributed by atoms with Crippen LogP contribution in [0, 0.1) is 0 Å². The average Bonchev–Trinajstić information content (AvgIpc) is 2.76. The van der Waals surface area contributed by atoms with Crippen molar-refractivity contribution >= 4 is 33.9 Å². The highest BCUT2D eigenvalue weighted by molar-refractivity contribution is 5.93. The molecule has 0 bridgehead atoms. The standard InChI is InChI=1S/C20H27N9.C2H6/c1-4-15(24-2)12-5-6-25-18(8-12)28-19-9-13-7-16(17(10-21)29(3)23)27-20(22)14(13)11-26-19;1-2/h5-11,15,24H,4,21,23H2,1-3H3,(H2,22,27)(H,25,26,28);1-2H3/b17-10-;. The van der Waals surface area contributed by atoms with Crippen LogP contribution in [0.3, 0.4) is 0 Å². The van der Waals surface area contributed by atoms with E-state index in [0.29, 0.717) is 23.0 Å². The highest BCUT2D eigenvalue weighted by atomic mass is 15.4. The number of aromatic nitrogens is 3. The number of anilines is 3. The SMILES string of the molecule is CC.CCC(NC)c1ccnc(Nc2cc3cc(/C(=C/N)N(C)N)nc(N)c3cn2)c1. The average molecular weight is 424 g/mol. The third kappa shape index (κ3) is 5.59. The van der Waals surface area contributed by atoms with Crippen LogP contribution >= 0.6 is 0 Å². The van der Waals surface area contributed by atoms with Crippen LogP contribution in [-0.2, 0) is 0 Å². The summed E-state index contributed by atoms with van der Waals surface area (Å²) in [6, 6.07) is 8.06. The minimum absolute atomic E-state index is 0.270. The molecular weight excluding hydrogens is 390 g/mol. The highest BCUT2D eigenvalue weighted by Crippen LogP contribution is 2.27. The Labute approximate surface area is 183 Å². The minimum atomic E-state index is 0.270. The van der Waals surface area contributed by atoms with Gasteiger partial charge in [-0.05, 0) is 48.7 Å². The van der Waals surface area contributed by atoms with E-state index in [2.05, 4.69) is 32.5 Å². The van der Waals surface area contributed by atoms with Crippen LogP contribution in [0.2, 0.25) is 0 Å². The van der Waals surface area contributed by atoms with Crippen molar-refractivity contribution in [3.8, 4) is 0 Å². The lowest BCUT2D eigenvalue weighted by molar-refractivity contribution is 0.508. The molecule has 0 saturated heterocycles. The Hall–Kier alpha value is -3.43. The smallest absolute Gasteiger partial charge is 0.133 e. The van der Waals surface area contributed by atoms with Crippen molar-refractivity contribution in [2.75, 3.05) is 25.1 Å². The molecule has 166 valence electrons. The van der Waals surface area contributed by atoms with E-state index in [-0.39, 0.29) is 6.04 Å². The number of pyridine rings is 3. The number of nitrogens with one attached hydrogen (secondary N) is 2. The van der Waals surface area contributed by atoms with E-state index in [0.717, 1.165) is 28.6 Å². The summed E-state index contributed by atoms with van der Waals surface area (Å²) in [6.45, 7) is 6.14. The monoisotopic (exact) mass is 423 g/mol. The van der Waals surface area contributed by atoms with Gasteiger partial charge < -0.3 is 27.1 Å². The molecule has 1 unspecified atom stereocenters. The summed E-state index contributed by atoms with van der Waals surface area (Å²) in [4.78, 5) is 13.2. The maximum absolute atomic E-state index is 6.12. The van der Waals surface area contributed by atoms with Gasteiger partial charge in [-0.1, -0.05) is 20.8 Å². The van der Waals surface area contributed by atoms with Gasteiger partial charge in [-0.3, -0.25) is 0 Å². The first-order chi connectivity index (χ1) is 15.0. The summed E-state index contributed by atoms with van der Waals surface area (Å²) >= 11 is 0. The fraction of sp³-hybridized carbons (Fsp3) is 0.318. The summed E-state index contributed by atoms with van der Waals surface area (Å²) in [6.07, 6.45) is 5.85. The lowest BCUT2D eigenvalue weighted by Gasteiger charge is -2.17. The van der Waals surface area contributed by atoms with E-state index >= 15 is 0 Å². The van der Waals surface area contributed by atoms with Crippen molar-refractivity contribution in [3.05, 3.63) is 54.1 Å². The van der Waals surface area contributed by atoms with Gasteiger partial charge in [0.15, 0.2) is 0 Å². The number of hydrogen-bond donors (Lipinski definition) is 5. The third-order valence-corrected chi connectivity index (χ3v) is 4.74. The fourth-order valence-corrected chi connectivity index (χ4v) is 3.23.